The average molecular weight is 352 g/mol. The van der Waals surface area contributed by atoms with Crippen LogP contribution in [0.3, 0.4) is 0 Å². The van der Waals surface area contributed by atoms with Gasteiger partial charge in [-0.1, -0.05) is 37.4 Å². The molecule has 1 atom stereocenters. The van der Waals surface area contributed by atoms with Crippen LogP contribution < -0.4 is 10.6 Å². The SMILES string of the molecule is C[C@@H](Sc1nnnn1C1CCCC1)C(=O)NC(=O)NC1CCCC1. The normalized spacial score (nSPS) is 20.2. The molecule has 9 heteroatoms. The molecule has 0 unspecified atom stereocenters. The Morgan fingerprint density at radius 1 is 1.17 bits per heavy atom. The Hall–Kier alpha value is -1.64. The van der Waals surface area contributed by atoms with Gasteiger partial charge in [0.1, 0.15) is 0 Å². The van der Waals surface area contributed by atoms with Gasteiger partial charge in [-0.3, -0.25) is 10.1 Å². The Labute approximate surface area is 145 Å². The molecule has 1 aromatic heterocycles. The van der Waals surface area contributed by atoms with Gasteiger partial charge < -0.3 is 5.32 Å². The zero-order valence-electron chi connectivity index (χ0n) is 13.9. The Bertz CT molecular complexity index is 580. The lowest BCUT2D eigenvalue weighted by Crippen LogP contribution is -2.46. The highest BCUT2D eigenvalue weighted by Crippen LogP contribution is 2.32. The van der Waals surface area contributed by atoms with E-state index in [0.717, 1.165) is 38.5 Å². The zero-order valence-corrected chi connectivity index (χ0v) is 14.7. The van der Waals surface area contributed by atoms with Gasteiger partial charge in [-0.25, -0.2) is 9.48 Å². The highest BCUT2D eigenvalue weighted by molar-refractivity contribution is 8.00. The van der Waals surface area contributed by atoms with Crippen molar-refractivity contribution in [3.63, 3.8) is 0 Å². The highest BCUT2D eigenvalue weighted by atomic mass is 32.2. The third-order valence-electron chi connectivity index (χ3n) is 4.71. The second-order valence-electron chi connectivity index (χ2n) is 6.55. The van der Waals surface area contributed by atoms with Crippen LogP contribution >= 0.6 is 11.8 Å². The van der Waals surface area contributed by atoms with Crippen LogP contribution in [0, 0.1) is 0 Å². The fourth-order valence-electron chi connectivity index (χ4n) is 3.36. The van der Waals surface area contributed by atoms with Crippen molar-refractivity contribution in [1.82, 2.24) is 30.8 Å². The lowest BCUT2D eigenvalue weighted by atomic mass is 10.2. The number of hydrogen-bond donors (Lipinski definition) is 2. The maximum atomic E-state index is 12.2. The van der Waals surface area contributed by atoms with E-state index >= 15 is 0 Å². The van der Waals surface area contributed by atoms with E-state index in [1.165, 1.54) is 24.6 Å². The van der Waals surface area contributed by atoms with Gasteiger partial charge >= 0.3 is 6.03 Å². The fourth-order valence-corrected chi connectivity index (χ4v) is 4.22. The molecule has 2 aliphatic rings. The first-order chi connectivity index (χ1) is 11.6. The third-order valence-corrected chi connectivity index (χ3v) is 5.76. The first-order valence-corrected chi connectivity index (χ1v) is 9.57. The zero-order chi connectivity index (χ0) is 16.9. The van der Waals surface area contributed by atoms with Crippen LogP contribution in [0.1, 0.15) is 64.3 Å². The number of carbonyl (C=O) groups excluding carboxylic acids is 2. The highest BCUT2D eigenvalue weighted by Gasteiger charge is 2.26. The fraction of sp³-hybridized carbons (Fsp3) is 0.800. The lowest BCUT2D eigenvalue weighted by Gasteiger charge is -2.15. The molecule has 1 heterocycles. The summed E-state index contributed by atoms with van der Waals surface area (Å²) in [5.74, 6) is -0.323. The second kappa shape index (κ2) is 7.96. The van der Waals surface area contributed by atoms with E-state index in [4.69, 9.17) is 0 Å². The third kappa shape index (κ3) is 4.25. The van der Waals surface area contributed by atoms with E-state index in [2.05, 4.69) is 26.2 Å². The minimum Gasteiger partial charge on any atom is -0.335 e. The maximum absolute atomic E-state index is 12.2. The molecule has 2 aliphatic carbocycles. The first kappa shape index (κ1) is 17.2. The molecule has 0 spiro atoms. The Balaban J connectivity index is 1.50. The summed E-state index contributed by atoms with van der Waals surface area (Å²) < 4.78 is 1.82. The van der Waals surface area contributed by atoms with Crippen molar-refractivity contribution in [3.8, 4) is 0 Å². The van der Waals surface area contributed by atoms with Crippen molar-refractivity contribution in [3.05, 3.63) is 0 Å². The van der Waals surface area contributed by atoms with Crippen LogP contribution in [-0.4, -0.2) is 43.4 Å². The Morgan fingerprint density at radius 2 is 1.83 bits per heavy atom. The minimum atomic E-state index is -0.439. The van der Waals surface area contributed by atoms with Crippen molar-refractivity contribution in [2.24, 2.45) is 0 Å². The summed E-state index contributed by atoms with van der Waals surface area (Å²) in [4.78, 5) is 24.1. The molecule has 0 aromatic carbocycles. The second-order valence-corrected chi connectivity index (χ2v) is 7.86. The molecule has 3 amide bonds. The predicted molar refractivity (Wildman–Crippen MR) is 89.6 cm³/mol. The van der Waals surface area contributed by atoms with Gasteiger partial charge in [-0.05, 0) is 43.0 Å². The predicted octanol–water partition coefficient (Wildman–Crippen LogP) is 2.04. The molecule has 132 valence electrons. The number of imide groups is 1. The lowest BCUT2D eigenvalue weighted by molar-refractivity contribution is -0.119. The van der Waals surface area contributed by atoms with E-state index in [9.17, 15) is 9.59 Å². The van der Waals surface area contributed by atoms with E-state index in [1.807, 2.05) is 4.68 Å². The summed E-state index contributed by atoms with van der Waals surface area (Å²) in [6, 6.07) is 0.105. The van der Waals surface area contributed by atoms with Crippen molar-refractivity contribution in [1.29, 1.82) is 0 Å². The molecule has 0 bridgehead atoms. The summed E-state index contributed by atoms with van der Waals surface area (Å²) in [7, 11) is 0. The number of carbonyl (C=O) groups is 2. The van der Waals surface area contributed by atoms with Gasteiger partial charge in [-0.2, -0.15) is 0 Å². The standard InChI is InChI=1S/C15H24N6O2S/c1-10(13(22)17-14(23)16-11-6-2-3-7-11)24-15-18-19-20-21(15)12-8-4-5-9-12/h10-12H,2-9H2,1H3,(H2,16,17,22,23)/t10-/m1/s1. The van der Waals surface area contributed by atoms with Gasteiger partial charge in [0.05, 0.1) is 11.3 Å². The van der Waals surface area contributed by atoms with Crippen LogP contribution in [0.25, 0.3) is 0 Å². The maximum Gasteiger partial charge on any atom is 0.321 e. The number of nitrogens with one attached hydrogen (secondary N) is 2. The quantitative estimate of drug-likeness (QED) is 0.786. The Morgan fingerprint density at radius 3 is 2.54 bits per heavy atom. The molecule has 2 saturated carbocycles. The number of thioether (sulfide) groups is 1. The molecular weight excluding hydrogens is 328 g/mol. The molecule has 1 aromatic rings. The van der Waals surface area contributed by atoms with Gasteiger partial charge in [0, 0.05) is 6.04 Å². The molecule has 3 rings (SSSR count). The summed E-state index contributed by atoms with van der Waals surface area (Å²) in [5.41, 5.74) is 0. The molecular formula is C15H24N6O2S. The van der Waals surface area contributed by atoms with Crippen molar-refractivity contribution in [2.45, 2.75) is 80.8 Å². The van der Waals surface area contributed by atoms with Gasteiger partial charge in [0.25, 0.3) is 0 Å². The number of aromatic nitrogens is 4. The van der Waals surface area contributed by atoms with Crippen LogP contribution in [0.15, 0.2) is 5.16 Å². The van der Waals surface area contributed by atoms with Gasteiger partial charge in [0.2, 0.25) is 11.1 Å². The van der Waals surface area contributed by atoms with E-state index < -0.39 is 11.3 Å². The number of hydrogen-bond acceptors (Lipinski definition) is 6. The summed E-state index contributed by atoms with van der Waals surface area (Å²) in [5, 5.41) is 17.3. The van der Waals surface area contributed by atoms with Crippen molar-refractivity contribution in [2.75, 3.05) is 0 Å². The summed E-state index contributed by atoms with van der Waals surface area (Å²) >= 11 is 1.29. The van der Waals surface area contributed by atoms with Crippen LogP contribution in [-0.2, 0) is 4.79 Å². The number of tetrazole rings is 1. The largest absolute Gasteiger partial charge is 0.335 e. The molecule has 0 saturated heterocycles. The number of urea groups is 1. The van der Waals surface area contributed by atoms with Gasteiger partial charge in [-0.15, -0.1) is 5.10 Å². The van der Waals surface area contributed by atoms with E-state index in [0.29, 0.717) is 11.2 Å². The van der Waals surface area contributed by atoms with E-state index in [1.54, 1.807) is 6.92 Å². The van der Waals surface area contributed by atoms with E-state index in [-0.39, 0.29) is 11.9 Å². The first-order valence-electron chi connectivity index (χ1n) is 8.69. The molecule has 8 nitrogen and oxygen atoms in total. The van der Waals surface area contributed by atoms with Crippen LogP contribution in [0.5, 0.6) is 0 Å². The van der Waals surface area contributed by atoms with Crippen LogP contribution in [0.2, 0.25) is 0 Å². The van der Waals surface area contributed by atoms with Crippen molar-refractivity contribution >= 4 is 23.7 Å². The smallest absolute Gasteiger partial charge is 0.321 e. The number of rotatable bonds is 5. The van der Waals surface area contributed by atoms with Crippen LogP contribution in [0.4, 0.5) is 4.79 Å². The monoisotopic (exact) mass is 352 g/mol. The molecule has 0 aliphatic heterocycles. The molecule has 2 fully saturated rings. The summed E-state index contributed by atoms with van der Waals surface area (Å²) in [6.45, 7) is 1.76. The molecule has 2 N–H and O–H groups in total. The topological polar surface area (TPSA) is 102 Å². The summed E-state index contributed by atoms with van der Waals surface area (Å²) in [6.07, 6.45) is 8.76. The minimum absolute atomic E-state index is 0.190. The molecule has 0 radical (unpaired) electrons. The van der Waals surface area contributed by atoms with Gasteiger partial charge in [0.15, 0.2) is 0 Å². The molecule has 24 heavy (non-hydrogen) atoms. The average Bonchev–Trinajstić information content (AvgIpc) is 3.28. The Kier molecular flexibility index (Phi) is 5.70. The number of nitrogens with zero attached hydrogens (tertiary/aromatic N) is 4. The number of amides is 3. The van der Waals surface area contributed by atoms with Crippen molar-refractivity contribution < 1.29 is 9.59 Å².